The van der Waals surface area contributed by atoms with Crippen LogP contribution in [0.3, 0.4) is 0 Å². The fraction of sp³-hybridized carbons (Fsp3) is 0.846. The van der Waals surface area contributed by atoms with Gasteiger partial charge in [-0.2, -0.15) is 0 Å². The molecule has 5 nitrogen and oxygen atoms in total. The molecule has 0 aromatic carbocycles. The van der Waals surface area contributed by atoms with E-state index in [-0.39, 0.29) is 12.5 Å². The number of carboxylic acids is 1. The quantitative estimate of drug-likeness (QED) is 0.677. The molecule has 0 aromatic rings. The number of carbonyl (C=O) groups is 2. The lowest BCUT2D eigenvalue weighted by Crippen LogP contribution is -2.42. The maximum absolute atomic E-state index is 12.0. The van der Waals surface area contributed by atoms with Gasteiger partial charge < -0.3 is 15.5 Å². The number of aliphatic hydroxyl groups excluding tert-OH is 1. The number of carboxylic acid groups (broad SMARTS) is 1. The van der Waals surface area contributed by atoms with Crippen molar-refractivity contribution in [3.05, 3.63) is 0 Å². The Bertz CT molecular complexity index is 327. The molecule has 5 heteroatoms. The van der Waals surface area contributed by atoms with Crippen LogP contribution in [0.4, 0.5) is 0 Å². The Morgan fingerprint density at radius 2 is 1.72 bits per heavy atom. The summed E-state index contributed by atoms with van der Waals surface area (Å²) in [7, 11) is 0. The van der Waals surface area contributed by atoms with Crippen LogP contribution in [-0.2, 0) is 9.59 Å². The number of hydrogen-bond acceptors (Lipinski definition) is 3. The molecule has 18 heavy (non-hydrogen) atoms. The molecule has 2 aliphatic rings. The van der Waals surface area contributed by atoms with Crippen LogP contribution in [0.15, 0.2) is 0 Å². The first kappa shape index (κ1) is 13.3. The predicted octanol–water partition coefficient (Wildman–Crippen LogP) is 0.764. The van der Waals surface area contributed by atoms with Gasteiger partial charge in [0.15, 0.2) is 0 Å². The molecule has 1 amide bonds. The highest BCUT2D eigenvalue weighted by atomic mass is 16.4. The lowest BCUT2D eigenvalue weighted by atomic mass is 9.78. The first-order valence-corrected chi connectivity index (χ1v) is 6.78. The molecular formula is C13H21NO4. The Balaban J connectivity index is 1.83. The van der Waals surface area contributed by atoms with Crippen LogP contribution in [-0.4, -0.2) is 34.7 Å². The average Bonchev–Trinajstić information content (AvgIpc) is 3.19. The van der Waals surface area contributed by atoms with Crippen molar-refractivity contribution < 1.29 is 19.8 Å². The van der Waals surface area contributed by atoms with Gasteiger partial charge >= 0.3 is 5.97 Å². The maximum Gasteiger partial charge on any atom is 0.307 e. The molecule has 3 N–H and O–H groups in total. The van der Waals surface area contributed by atoms with Crippen LogP contribution in [0, 0.1) is 17.8 Å². The highest BCUT2D eigenvalue weighted by Crippen LogP contribution is 2.33. The number of hydrogen-bond donors (Lipinski definition) is 3. The van der Waals surface area contributed by atoms with Crippen molar-refractivity contribution in [2.75, 3.05) is 6.54 Å². The van der Waals surface area contributed by atoms with Gasteiger partial charge in [0.2, 0.25) is 5.91 Å². The summed E-state index contributed by atoms with van der Waals surface area (Å²) in [5, 5.41) is 21.5. The highest BCUT2D eigenvalue weighted by molar-refractivity contribution is 5.84. The number of amides is 1. The molecule has 0 spiro atoms. The van der Waals surface area contributed by atoms with E-state index in [0.717, 1.165) is 25.7 Å². The second kappa shape index (κ2) is 5.69. The van der Waals surface area contributed by atoms with Crippen molar-refractivity contribution in [2.45, 2.75) is 44.6 Å². The lowest BCUT2D eigenvalue weighted by Gasteiger charge is -2.27. The average molecular weight is 255 g/mol. The van der Waals surface area contributed by atoms with Crippen LogP contribution >= 0.6 is 0 Å². The topological polar surface area (TPSA) is 86.6 Å². The molecular weight excluding hydrogens is 234 g/mol. The van der Waals surface area contributed by atoms with E-state index >= 15 is 0 Å². The molecule has 0 aliphatic heterocycles. The number of aliphatic carboxylic acids is 1. The monoisotopic (exact) mass is 255 g/mol. The van der Waals surface area contributed by atoms with Crippen molar-refractivity contribution in [3.63, 3.8) is 0 Å². The smallest absolute Gasteiger partial charge is 0.307 e. The molecule has 2 fully saturated rings. The van der Waals surface area contributed by atoms with E-state index in [9.17, 15) is 14.7 Å². The van der Waals surface area contributed by atoms with Crippen LogP contribution < -0.4 is 5.32 Å². The largest absolute Gasteiger partial charge is 0.481 e. The molecule has 102 valence electrons. The minimum atomic E-state index is -0.877. The summed E-state index contributed by atoms with van der Waals surface area (Å²) in [4.78, 5) is 23.1. The lowest BCUT2D eigenvalue weighted by molar-refractivity contribution is -0.149. The van der Waals surface area contributed by atoms with Gasteiger partial charge in [0.1, 0.15) is 0 Å². The second-order valence-corrected chi connectivity index (χ2v) is 5.49. The molecule has 0 aromatic heterocycles. The Hall–Kier alpha value is -1.10. The second-order valence-electron chi connectivity index (χ2n) is 5.49. The maximum atomic E-state index is 12.0. The third-order valence-electron chi connectivity index (χ3n) is 4.07. The van der Waals surface area contributed by atoms with Crippen LogP contribution in [0.25, 0.3) is 0 Å². The number of aliphatic hydroxyl groups is 1. The molecule has 2 saturated carbocycles. The van der Waals surface area contributed by atoms with Gasteiger partial charge in [0.05, 0.1) is 17.9 Å². The fourth-order valence-electron chi connectivity index (χ4n) is 2.72. The highest BCUT2D eigenvalue weighted by Gasteiger charge is 2.36. The van der Waals surface area contributed by atoms with Gasteiger partial charge in [-0.1, -0.05) is 12.8 Å². The van der Waals surface area contributed by atoms with E-state index in [1.807, 2.05) is 0 Å². The summed E-state index contributed by atoms with van der Waals surface area (Å²) in [6.45, 7) is 0.256. The third kappa shape index (κ3) is 3.22. The molecule has 0 heterocycles. The van der Waals surface area contributed by atoms with E-state index in [0.29, 0.717) is 18.8 Å². The Morgan fingerprint density at radius 3 is 2.28 bits per heavy atom. The molecule has 0 radical (unpaired) electrons. The van der Waals surface area contributed by atoms with Gasteiger partial charge in [0, 0.05) is 6.54 Å². The van der Waals surface area contributed by atoms with Crippen molar-refractivity contribution in [1.29, 1.82) is 0 Å². The van der Waals surface area contributed by atoms with Gasteiger partial charge in [-0.3, -0.25) is 9.59 Å². The SMILES string of the molecule is O=C(O)C1CCCCC1C(=O)NCC(O)C1CC1. The summed E-state index contributed by atoms with van der Waals surface area (Å²) in [5.74, 6) is -1.74. The molecule has 3 unspecified atom stereocenters. The summed E-state index contributed by atoms with van der Waals surface area (Å²) in [6.07, 6.45) is 4.59. The normalized spacial score (nSPS) is 29.6. The molecule has 0 saturated heterocycles. The Labute approximate surface area is 107 Å². The van der Waals surface area contributed by atoms with Gasteiger partial charge in [0.25, 0.3) is 0 Å². The first-order chi connectivity index (χ1) is 8.59. The fourth-order valence-corrected chi connectivity index (χ4v) is 2.72. The van der Waals surface area contributed by atoms with Crippen molar-refractivity contribution in [2.24, 2.45) is 17.8 Å². The van der Waals surface area contributed by atoms with E-state index in [1.165, 1.54) is 0 Å². The van der Waals surface area contributed by atoms with E-state index < -0.39 is 23.9 Å². The zero-order valence-corrected chi connectivity index (χ0v) is 10.5. The summed E-state index contributed by atoms with van der Waals surface area (Å²) in [6, 6.07) is 0. The molecule has 0 bridgehead atoms. The van der Waals surface area contributed by atoms with Crippen molar-refractivity contribution in [3.8, 4) is 0 Å². The van der Waals surface area contributed by atoms with E-state index in [4.69, 9.17) is 5.11 Å². The summed E-state index contributed by atoms with van der Waals surface area (Å²) in [5.41, 5.74) is 0. The van der Waals surface area contributed by atoms with Crippen molar-refractivity contribution >= 4 is 11.9 Å². The van der Waals surface area contributed by atoms with Gasteiger partial charge in [-0.25, -0.2) is 0 Å². The zero-order chi connectivity index (χ0) is 13.1. The standard InChI is InChI=1S/C13H21NO4/c15-11(8-5-6-8)7-14-12(16)9-3-1-2-4-10(9)13(17)18/h8-11,15H,1-7H2,(H,14,16)(H,17,18). The minimum Gasteiger partial charge on any atom is -0.481 e. The predicted molar refractivity (Wildman–Crippen MR) is 64.8 cm³/mol. The van der Waals surface area contributed by atoms with Crippen LogP contribution in [0.2, 0.25) is 0 Å². The van der Waals surface area contributed by atoms with E-state index in [1.54, 1.807) is 0 Å². The zero-order valence-electron chi connectivity index (χ0n) is 10.5. The number of rotatable bonds is 5. The number of nitrogens with one attached hydrogen (secondary N) is 1. The van der Waals surface area contributed by atoms with E-state index in [2.05, 4.69) is 5.32 Å². The minimum absolute atomic E-state index is 0.207. The Morgan fingerprint density at radius 1 is 1.11 bits per heavy atom. The summed E-state index contributed by atoms with van der Waals surface area (Å²) < 4.78 is 0. The van der Waals surface area contributed by atoms with Gasteiger partial charge in [-0.15, -0.1) is 0 Å². The van der Waals surface area contributed by atoms with Crippen molar-refractivity contribution in [1.82, 2.24) is 5.32 Å². The molecule has 2 rings (SSSR count). The van der Waals surface area contributed by atoms with Gasteiger partial charge in [-0.05, 0) is 31.6 Å². The van der Waals surface area contributed by atoms with Crippen LogP contribution in [0.1, 0.15) is 38.5 Å². The molecule has 3 atom stereocenters. The first-order valence-electron chi connectivity index (χ1n) is 6.78. The third-order valence-corrected chi connectivity index (χ3v) is 4.07. The molecule has 2 aliphatic carbocycles. The summed E-state index contributed by atoms with van der Waals surface area (Å²) >= 11 is 0. The van der Waals surface area contributed by atoms with Crippen LogP contribution in [0.5, 0.6) is 0 Å². The Kier molecular flexibility index (Phi) is 4.22. The number of carbonyl (C=O) groups excluding carboxylic acids is 1.